The van der Waals surface area contributed by atoms with Crippen LogP contribution >= 0.6 is 0 Å². The highest BCUT2D eigenvalue weighted by atomic mass is 16.5. The second-order valence-electron chi connectivity index (χ2n) is 7.47. The Balaban J connectivity index is 1.45. The van der Waals surface area contributed by atoms with Crippen molar-refractivity contribution in [3.05, 3.63) is 54.1 Å². The highest BCUT2D eigenvalue weighted by Crippen LogP contribution is 2.27. The summed E-state index contributed by atoms with van der Waals surface area (Å²) in [6.45, 7) is 5.42. The molecule has 0 aromatic heterocycles. The van der Waals surface area contributed by atoms with E-state index in [0.29, 0.717) is 31.4 Å². The van der Waals surface area contributed by atoms with Gasteiger partial charge in [0.1, 0.15) is 18.1 Å². The fourth-order valence-corrected chi connectivity index (χ4v) is 3.33. The van der Waals surface area contributed by atoms with E-state index in [1.54, 1.807) is 12.0 Å². The van der Waals surface area contributed by atoms with Crippen LogP contribution in [0.25, 0.3) is 0 Å². The molecule has 0 radical (unpaired) electrons. The lowest BCUT2D eigenvalue weighted by Crippen LogP contribution is -2.35. The Kier molecular flexibility index (Phi) is 6.75. The van der Waals surface area contributed by atoms with Crippen LogP contribution in [0.1, 0.15) is 31.7 Å². The Morgan fingerprint density at radius 1 is 1.10 bits per heavy atom. The van der Waals surface area contributed by atoms with Gasteiger partial charge in [0.15, 0.2) is 0 Å². The second-order valence-corrected chi connectivity index (χ2v) is 7.47. The van der Waals surface area contributed by atoms with E-state index in [9.17, 15) is 9.59 Å². The number of amides is 2. The average Bonchev–Trinajstić information content (AvgIpc) is 3.13. The third-order valence-corrected chi connectivity index (χ3v) is 5.10. The largest absolute Gasteiger partial charge is 0.497 e. The standard InChI is InChI=1S/C23H28N2O4/c1-16(2)17-4-6-19(7-5-17)25-15-18(14-22(25)26)23(27)24-12-13-29-21-10-8-20(28-3)9-11-21/h4-11,16,18H,12-15H2,1-3H3,(H,24,27). The summed E-state index contributed by atoms with van der Waals surface area (Å²) in [7, 11) is 1.61. The topological polar surface area (TPSA) is 67.9 Å². The molecule has 1 saturated heterocycles. The molecule has 1 aliphatic heterocycles. The fraction of sp³-hybridized carbons (Fsp3) is 0.391. The number of nitrogens with zero attached hydrogens (tertiary/aromatic N) is 1. The molecule has 1 atom stereocenters. The summed E-state index contributed by atoms with van der Waals surface area (Å²) < 4.78 is 10.7. The van der Waals surface area contributed by atoms with Gasteiger partial charge in [0.25, 0.3) is 0 Å². The fourth-order valence-electron chi connectivity index (χ4n) is 3.33. The second kappa shape index (κ2) is 9.45. The van der Waals surface area contributed by atoms with E-state index in [2.05, 4.69) is 19.2 Å². The van der Waals surface area contributed by atoms with Gasteiger partial charge in [0.2, 0.25) is 11.8 Å². The van der Waals surface area contributed by atoms with Crippen molar-refractivity contribution in [1.82, 2.24) is 5.32 Å². The van der Waals surface area contributed by atoms with E-state index in [1.807, 2.05) is 48.5 Å². The van der Waals surface area contributed by atoms with Gasteiger partial charge < -0.3 is 19.7 Å². The van der Waals surface area contributed by atoms with Gasteiger partial charge in [-0.2, -0.15) is 0 Å². The zero-order valence-corrected chi connectivity index (χ0v) is 17.2. The first kappa shape index (κ1) is 20.7. The van der Waals surface area contributed by atoms with Crippen LogP contribution in [-0.4, -0.2) is 38.6 Å². The van der Waals surface area contributed by atoms with Crippen LogP contribution < -0.4 is 19.7 Å². The molecule has 0 aliphatic carbocycles. The summed E-state index contributed by atoms with van der Waals surface area (Å²) >= 11 is 0. The molecule has 1 N–H and O–H groups in total. The average molecular weight is 396 g/mol. The SMILES string of the molecule is COc1ccc(OCCNC(=O)C2CC(=O)N(c3ccc(C(C)C)cc3)C2)cc1. The molecule has 0 spiro atoms. The predicted octanol–water partition coefficient (Wildman–Crippen LogP) is 3.37. The van der Waals surface area contributed by atoms with Crippen LogP contribution in [0, 0.1) is 5.92 Å². The lowest BCUT2D eigenvalue weighted by atomic mass is 10.0. The summed E-state index contributed by atoms with van der Waals surface area (Å²) in [5.74, 6) is 1.45. The number of carbonyl (C=O) groups is 2. The molecule has 2 amide bonds. The maximum absolute atomic E-state index is 12.4. The number of hydrogen-bond acceptors (Lipinski definition) is 4. The summed E-state index contributed by atoms with van der Waals surface area (Å²) in [6, 6.07) is 15.3. The molecule has 3 rings (SSSR count). The van der Waals surface area contributed by atoms with Crippen LogP contribution in [-0.2, 0) is 9.59 Å². The molecular weight excluding hydrogens is 368 g/mol. The van der Waals surface area contributed by atoms with Crippen molar-refractivity contribution in [1.29, 1.82) is 0 Å². The molecule has 29 heavy (non-hydrogen) atoms. The summed E-state index contributed by atoms with van der Waals surface area (Å²) in [6.07, 6.45) is 0.233. The van der Waals surface area contributed by atoms with Gasteiger partial charge in [0, 0.05) is 18.7 Å². The number of hydrogen-bond donors (Lipinski definition) is 1. The molecule has 154 valence electrons. The van der Waals surface area contributed by atoms with Gasteiger partial charge in [-0.15, -0.1) is 0 Å². The third-order valence-electron chi connectivity index (χ3n) is 5.10. The Labute approximate surface area is 171 Å². The van der Waals surface area contributed by atoms with Crippen LogP contribution in [0.3, 0.4) is 0 Å². The Morgan fingerprint density at radius 2 is 1.76 bits per heavy atom. The number of methoxy groups -OCH3 is 1. The third kappa shape index (κ3) is 5.28. The molecule has 0 saturated carbocycles. The van der Waals surface area contributed by atoms with E-state index >= 15 is 0 Å². The van der Waals surface area contributed by atoms with E-state index in [4.69, 9.17) is 9.47 Å². The lowest BCUT2D eigenvalue weighted by molar-refractivity contribution is -0.126. The van der Waals surface area contributed by atoms with Crippen LogP contribution in [0.5, 0.6) is 11.5 Å². The molecule has 0 bridgehead atoms. The highest BCUT2D eigenvalue weighted by Gasteiger charge is 2.34. The minimum Gasteiger partial charge on any atom is -0.497 e. The van der Waals surface area contributed by atoms with E-state index in [0.717, 1.165) is 11.4 Å². The number of ether oxygens (including phenoxy) is 2. The predicted molar refractivity (Wildman–Crippen MR) is 112 cm³/mol. The van der Waals surface area contributed by atoms with Crippen LogP contribution in [0.2, 0.25) is 0 Å². The van der Waals surface area contributed by atoms with Gasteiger partial charge in [-0.3, -0.25) is 9.59 Å². The molecule has 1 fully saturated rings. The minimum absolute atomic E-state index is 0.0167. The zero-order chi connectivity index (χ0) is 20.8. The first-order valence-corrected chi connectivity index (χ1v) is 9.93. The van der Waals surface area contributed by atoms with Gasteiger partial charge in [-0.25, -0.2) is 0 Å². The number of benzene rings is 2. The molecule has 1 heterocycles. The maximum atomic E-state index is 12.4. The Bertz CT molecular complexity index is 831. The molecule has 6 heteroatoms. The molecule has 6 nitrogen and oxygen atoms in total. The quantitative estimate of drug-likeness (QED) is 0.695. The van der Waals surface area contributed by atoms with Gasteiger partial charge in [0.05, 0.1) is 19.6 Å². The lowest BCUT2D eigenvalue weighted by Gasteiger charge is -2.18. The first-order valence-electron chi connectivity index (χ1n) is 9.93. The monoisotopic (exact) mass is 396 g/mol. The number of rotatable bonds is 8. The van der Waals surface area contributed by atoms with E-state index in [-0.39, 0.29) is 24.2 Å². The molecule has 1 aliphatic rings. The summed E-state index contributed by atoms with van der Waals surface area (Å²) in [4.78, 5) is 26.5. The molecule has 1 unspecified atom stereocenters. The van der Waals surface area contributed by atoms with Crippen molar-refractivity contribution in [3.63, 3.8) is 0 Å². The van der Waals surface area contributed by atoms with Crippen molar-refractivity contribution >= 4 is 17.5 Å². The van der Waals surface area contributed by atoms with Crippen molar-refractivity contribution < 1.29 is 19.1 Å². The molecule has 2 aromatic carbocycles. The van der Waals surface area contributed by atoms with Crippen molar-refractivity contribution in [3.8, 4) is 11.5 Å². The number of carbonyl (C=O) groups excluding carboxylic acids is 2. The van der Waals surface area contributed by atoms with Crippen LogP contribution in [0.4, 0.5) is 5.69 Å². The molecule has 2 aromatic rings. The van der Waals surface area contributed by atoms with Gasteiger partial charge in [-0.05, 0) is 47.9 Å². The van der Waals surface area contributed by atoms with Gasteiger partial charge >= 0.3 is 0 Å². The van der Waals surface area contributed by atoms with Crippen LogP contribution in [0.15, 0.2) is 48.5 Å². The van der Waals surface area contributed by atoms with Crippen molar-refractivity contribution in [2.45, 2.75) is 26.2 Å². The van der Waals surface area contributed by atoms with Crippen molar-refractivity contribution in [2.24, 2.45) is 5.92 Å². The maximum Gasteiger partial charge on any atom is 0.227 e. The first-order chi connectivity index (χ1) is 14.0. The highest BCUT2D eigenvalue weighted by molar-refractivity contribution is 6.00. The van der Waals surface area contributed by atoms with Crippen molar-refractivity contribution in [2.75, 3.05) is 31.7 Å². The number of anilines is 1. The molecular formula is C23H28N2O4. The smallest absolute Gasteiger partial charge is 0.227 e. The van der Waals surface area contributed by atoms with Gasteiger partial charge in [-0.1, -0.05) is 26.0 Å². The zero-order valence-electron chi connectivity index (χ0n) is 17.2. The van der Waals surface area contributed by atoms with E-state index < -0.39 is 0 Å². The normalized spacial score (nSPS) is 16.2. The summed E-state index contributed by atoms with van der Waals surface area (Å²) in [5.41, 5.74) is 2.07. The summed E-state index contributed by atoms with van der Waals surface area (Å²) in [5, 5.41) is 2.87. The Hall–Kier alpha value is -3.02. The number of nitrogens with one attached hydrogen (secondary N) is 1. The minimum atomic E-state index is -0.340. The van der Waals surface area contributed by atoms with E-state index in [1.165, 1.54) is 5.56 Å². The Morgan fingerprint density at radius 3 is 2.38 bits per heavy atom.